The van der Waals surface area contributed by atoms with Crippen LogP contribution in [0.5, 0.6) is 5.75 Å². The van der Waals surface area contributed by atoms with E-state index in [9.17, 15) is 14.4 Å². The van der Waals surface area contributed by atoms with Gasteiger partial charge < -0.3 is 9.72 Å². The Kier molecular flexibility index (Phi) is 5.69. The van der Waals surface area contributed by atoms with Crippen molar-refractivity contribution in [3.63, 3.8) is 0 Å². The highest BCUT2D eigenvalue weighted by molar-refractivity contribution is 6.02. The predicted molar refractivity (Wildman–Crippen MR) is 107 cm³/mol. The summed E-state index contributed by atoms with van der Waals surface area (Å²) in [7, 11) is 1.57. The number of ether oxygens (including phenoxy) is 1. The minimum atomic E-state index is -0.565. The van der Waals surface area contributed by atoms with Crippen LogP contribution in [0.25, 0.3) is 10.8 Å². The average molecular weight is 380 g/mol. The molecule has 3 N–H and O–H groups in total. The van der Waals surface area contributed by atoms with Gasteiger partial charge in [0.1, 0.15) is 5.75 Å². The molecule has 0 saturated heterocycles. The summed E-state index contributed by atoms with van der Waals surface area (Å²) in [6.07, 6.45) is 1.79. The number of benzene rings is 2. The molecule has 1 heterocycles. The van der Waals surface area contributed by atoms with Gasteiger partial charge in [-0.05, 0) is 30.2 Å². The van der Waals surface area contributed by atoms with E-state index in [1.165, 1.54) is 6.21 Å². The molecule has 0 saturated carbocycles. The zero-order valence-electron chi connectivity index (χ0n) is 15.5. The Labute approximate surface area is 160 Å². The summed E-state index contributed by atoms with van der Waals surface area (Å²) < 4.78 is 5.38. The highest BCUT2D eigenvalue weighted by Crippen LogP contribution is 2.26. The fraction of sp³-hybridized carbons (Fsp3) is 0.200. The van der Waals surface area contributed by atoms with E-state index in [0.717, 1.165) is 16.3 Å². The van der Waals surface area contributed by atoms with Gasteiger partial charge in [0.2, 0.25) is 5.91 Å². The van der Waals surface area contributed by atoms with E-state index in [2.05, 4.69) is 20.5 Å². The fourth-order valence-electron chi connectivity index (χ4n) is 2.98. The molecule has 8 heteroatoms. The topological polar surface area (TPSA) is 116 Å². The number of hydrogen-bond acceptors (Lipinski definition) is 5. The zero-order valence-corrected chi connectivity index (χ0v) is 15.5. The fourth-order valence-corrected chi connectivity index (χ4v) is 2.98. The number of nitrogens with one attached hydrogen (secondary N) is 3. The van der Waals surface area contributed by atoms with Crippen LogP contribution in [0.2, 0.25) is 0 Å². The number of aromatic nitrogens is 2. The van der Waals surface area contributed by atoms with Crippen molar-refractivity contribution >= 4 is 22.9 Å². The van der Waals surface area contributed by atoms with Gasteiger partial charge in [0.15, 0.2) is 0 Å². The maximum absolute atomic E-state index is 12.1. The summed E-state index contributed by atoms with van der Waals surface area (Å²) in [5.74, 6) is 0.299. The first-order valence-corrected chi connectivity index (χ1v) is 8.69. The van der Waals surface area contributed by atoms with Gasteiger partial charge in [0.05, 0.1) is 13.3 Å². The van der Waals surface area contributed by atoms with E-state index in [0.29, 0.717) is 17.0 Å². The minimum absolute atomic E-state index is 0.0555. The Balaban J connectivity index is 1.70. The normalized spacial score (nSPS) is 11.1. The largest absolute Gasteiger partial charge is 0.496 e. The molecule has 0 spiro atoms. The molecule has 28 heavy (non-hydrogen) atoms. The Morgan fingerprint density at radius 3 is 2.71 bits per heavy atom. The number of hydrogen-bond donors (Lipinski definition) is 3. The highest BCUT2D eigenvalue weighted by Gasteiger charge is 2.09. The van der Waals surface area contributed by atoms with Crippen molar-refractivity contribution in [1.82, 2.24) is 15.4 Å². The van der Waals surface area contributed by atoms with Crippen LogP contribution in [0.1, 0.15) is 23.2 Å². The smallest absolute Gasteiger partial charge is 0.325 e. The van der Waals surface area contributed by atoms with Crippen molar-refractivity contribution in [3.05, 3.63) is 74.1 Å². The Morgan fingerprint density at radius 1 is 1.18 bits per heavy atom. The molecule has 3 aromatic rings. The van der Waals surface area contributed by atoms with Crippen LogP contribution in [-0.2, 0) is 11.2 Å². The van der Waals surface area contributed by atoms with Crippen molar-refractivity contribution in [2.45, 2.75) is 19.8 Å². The van der Waals surface area contributed by atoms with E-state index in [1.807, 2.05) is 36.4 Å². The first-order valence-electron chi connectivity index (χ1n) is 8.69. The second kappa shape index (κ2) is 8.34. The van der Waals surface area contributed by atoms with Crippen LogP contribution in [0, 0.1) is 6.92 Å². The molecule has 0 atom stereocenters. The standard InChI is InChI=1S/C20H20N4O4/c1-12-14(19(26)23-20(27)22-12)8-10-18(25)24-21-11-16-15-6-4-3-5-13(15)7-9-17(16)28-2/h3-7,9,11H,8,10H2,1-2H3,(H,24,25)(H2,22,23,26,27)/b21-11+. The molecule has 0 aliphatic carbocycles. The number of rotatable bonds is 6. The summed E-state index contributed by atoms with van der Waals surface area (Å²) in [6, 6.07) is 11.6. The Bertz CT molecular complexity index is 1160. The van der Waals surface area contributed by atoms with Crippen molar-refractivity contribution in [2.24, 2.45) is 5.10 Å². The van der Waals surface area contributed by atoms with Crippen molar-refractivity contribution in [2.75, 3.05) is 7.11 Å². The van der Waals surface area contributed by atoms with Gasteiger partial charge in [-0.15, -0.1) is 0 Å². The van der Waals surface area contributed by atoms with Crippen LogP contribution < -0.4 is 21.4 Å². The molecular formula is C20H20N4O4. The summed E-state index contributed by atoms with van der Waals surface area (Å²) in [5, 5.41) is 6.01. The third kappa shape index (κ3) is 4.17. The van der Waals surface area contributed by atoms with E-state index >= 15 is 0 Å². The molecule has 0 unspecified atom stereocenters. The molecule has 0 aliphatic rings. The van der Waals surface area contributed by atoms with Gasteiger partial charge in [-0.3, -0.25) is 14.6 Å². The predicted octanol–water partition coefficient (Wildman–Crippen LogP) is 1.62. The molecular weight excluding hydrogens is 360 g/mol. The average Bonchev–Trinajstić information content (AvgIpc) is 2.67. The van der Waals surface area contributed by atoms with Crippen molar-refractivity contribution in [3.8, 4) is 5.75 Å². The Hall–Kier alpha value is -3.68. The number of carbonyl (C=O) groups excluding carboxylic acids is 1. The molecule has 0 radical (unpaired) electrons. The van der Waals surface area contributed by atoms with Gasteiger partial charge in [-0.1, -0.05) is 30.3 Å². The molecule has 8 nitrogen and oxygen atoms in total. The number of fused-ring (bicyclic) bond motifs is 1. The second-order valence-electron chi connectivity index (χ2n) is 6.21. The third-order valence-corrected chi connectivity index (χ3v) is 4.39. The SMILES string of the molecule is COc1ccc2ccccc2c1/C=N/NC(=O)CCc1c(C)[nH]c(=O)[nH]c1=O. The number of aromatic amines is 2. The summed E-state index contributed by atoms with van der Waals surface area (Å²) >= 11 is 0. The lowest BCUT2D eigenvalue weighted by Crippen LogP contribution is -2.28. The number of aryl methyl sites for hydroxylation is 1. The van der Waals surface area contributed by atoms with Gasteiger partial charge in [0, 0.05) is 23.2 Å². The van der Waals surface area contributed by atoms with Crippen molar-refractivity contribution in [1.29, 1.82) is 0 Å². The first kappa shape index (κ1) is 19.1. The van der Waals surface area contributed by atoms with Gasteiger partial charge in [-0.2, -0.15) is 5.10 Å². The van der Waals surface area contributed by atoms with Gasteiger partial charge in [-0.25, -0.2) is 10.2 Å². The van der Waals surface area contributed by atoms with Crippen LogP contribution in [-0.4, -0.2) is 29.2 Å². The number of methoxy groups -OCH3 is 1. The van der Waals surface area contributed by atoms with Gasteiger partial charge >= 0.3 is 5.69 Å². The molecule has 1 amide bonds. The van der Waals surface area contributed by atoms with Gasteiger partial charge in [0.25, 0.3) is 5.56 Å². The Morgan fingerprint density at radius 2 is 1.96 bits per heavy atom. The summed E-state index contributed by atoms with van der Waals surface area (Å²) in [6.45, 7) is 1.62. The quantitative estimate of drug-likeness (QED) is 0.445. The lowest BCUT2D eigenvalue weighted by atomic mass is 10.0. The summed E-state index contributed by atoms with van der Waals surface area (Å²) in [4.78, 5) is 39.8. The van der Waals surface area contributed by atoms with Crippen LogP contribution in [0.3, 0.4) is 0 Å². The maximum Gasteiger partial charge on any atom is 0.325 e. The number of amides is 1. The molecule has 0 bridgehead atoms. The highest BCUT2D eigenvalue weighted by atomic mass is 16.5. The number of carbonyl (C=O) groups is 1. The van der Waals surface area contributed by atoms with Crippen LogP contribution in [0.4, 0.5) is 0 Å². The first-order chi connectivity index (χ1) is 13.5. The van der Waals surface area contributed by atoms with E-state index in [4.69, 9.17) is 4.74 Å². The lowest BCUT2D eigenvalue weighted by Gasteiger charge is -2.08. The second-order valence-corrected chi connectivity index (χ2v) is 6.21. The van der Waals surface area contributed by atoms with Crippen LogP contribution >= 0.6 is 0 Å². The van der Waals surface area contributed by atoms with E-state index < -0.39 is 11.2 Å². The van der Waals surface area contributed by atoms with Crippen LogP contribution in [0.15, 0.2) is 51.1 Å². The summed E-state index contributed by atoms with van der Waals surface area (Å²) in [5.41, 5.74) is 2.98. The van der Waals surface area contributed by atoms with E-state index in [1.54, 1.807) is 14.0 Å². The molecule has 0 fully saturated rings. The molecule has 2 aromatic carbocycles. The number of H-pyrrole nitrogens is 2. The monoisotopic (exact) mass is 380 g/mol. The lowest BCUT2D eigenvalue weighted by molar-refractivity contribution is -0.121. The molecule has 144 valence electrons. The van der Waals surface area contributed by atoms with Crippen molar-refractivity contribution < 1.29 is 9.53 Å². The molecule has 0 aliphatic heterocycles. The number of hydrazone groups is 1. The van der Waals surface area contributed by atoms with E-state index in [-0.39, 0.29) is 18.7 Å². The minimum Gasteiger partial charge on any atom is -0.496 e. The molecule has 3 rings (SSSR count). The maximum atomic E-state index is 12.1. The third-order valence-electron chi connectivity index (χ3n) is 4.39. The zero-order chi connectivity index (χ0) is 20.1. The molecule has 1 aromatic heterocycles. The number of nitrogens with zero attached hydrogens (tertiary/aromatic N) is 1.